The molecule has 2 aromatic heterocycles. The third-order valence-electron chi connectivity index (χ3n) is 5.16. The van der Waals surface area contributed by atoms with Gasteiger partial charge in [-0.15, -0.1) is 0 Å². The Kier molecular flexibility index (Phi) is 5.25. The lowest BCUT2D eigenvalue weighted by molar-refractivity contribution is -0.137. The topological polar surface area (TPSA) is 85.6 Å². The molecule has 0 atom stereocenters. The fourth-order valence-corrected chi connectivity index (χ4v) is 3.69. The van der Waals surface area contributed by atoms with Gasteiger partial charge >= 0.3 is 6.18 Å². The Hall–Kier alpha value is -4.39. The largest absolute Gasteiger partial charge is 0.416 e. The standard InChI is InChI=1S/C23H16F3N5O2/c1-14(32)20-21(19-10-11-28-30(19)17-8-6-15(13-27)7-9-17)29(2)31(22(20)33)18-5-3-4-16(12-18)23(24,25)26/h3-12H,1-2H3. The number of ketones is 1. The Labute approximate surface area is 185 Å². The fourth-order valence-electron chi connectivity index (χ4n) is 3.69. The highest BCUT2D eigenvalue weighted by Gasteiger charge is 2.32. The summed E-state index contributed by atoms with van der Waals surface area (Å²) in [7, 11) is 1.49. The van der Waals surface area contributed by atoms with Crippen molar-refractivity contribution in [1.82, 2.24) is 19.1 Å². The van der Waals surface area contributed by atoms with Gasteiger partial charge < -0.3 is 0 Å². The van der Waals surface area contributed by atoms with Gasteiger partial charge in [0.15, 0.2) is 5.78 Å². The average molecular weight is 451 g/mol. The zero-order valence-corrected chi connectivity index (χ0v) is 17.5. The number of benzene rings is 2. The first kappa shape index (κ1) is 21.8. The monoisotopic (exact) mass is 451 g/mol. The molecule has 0 amide bonds. The van der Waals surface area contributed by atoms with Gasteiger partial charge in [-0.05, 0) is 55.5 Å². The van der Waals surface area contributed by atoms with Crippen LogP contribution in [0.1, 0.15) is 28.4 Å². The highest BCUT2D eigenvalue weighted by atomic mass is 19.4. The molecule has 0 fully saturated rings. The van der Waals surface area contributed by atoms with Crippen molar-refractivity contribution in [1.29, 1.82) is 5.26 Å². The minimum Gasteiger partial charge on any atom is -0.294 e. The molecule has 0 radical (unpaired) electrons. The third-order valence-corrected chi connectivity index (χ3v) is 5.16. The molecule has 2 aromatic carbocycles. The van der Waals surface area contributed by atoms with Crippen molar-refractivity contribution in [3.8, 4) is 28.8 Å². The second kappa shape index (κ2) is 7.94. The molecule has 0 bridgehead atoms. The molecule has 0 unspecified atom stereocenters. The summed E-state index contributed by atoms with van der Waals surface area (Å²) in [5, 5.41) is 13.3. The van der Waals surface area contributed by atoms with Crippen LogP contribution in [-0.4, -0.2) is 24.9 Å². The molecule has 166 valence electrons. The minimum atomic E-state index is -4.59. The van der Waals surface area contributed by atoms with E-state index in [1.54, 1.807) is 30.3 Å². The van der Waals surface area contributed by atoms with Crippen molar-refractivity contribution >= 4 is 5.78 Å². The number of aromatic nitrogens is 4. The summed E-state index contributed by atoms with van der Waals surface area (Å²) in [4.78, 5) is 25.7. The highest BCUT2D eigenvalue weighted by molar-refractivity contribution is 5.99. The Morgan fingerprint density at radius 2 is 1.76 bits per heavy atom. The van der Waals surface area contributed by atoms with Gasteiger partial charge in [-0.2, -0.15) is 23.5 Å². The average Bonchev–Trinajstić information content (AvgIpc) is 3.35. The third kappa shape index (κ3) is 3.74. The molecular formula is C23H16F3N5O2. The van der Waals surface area contributed by atoms with Crippen LogP contribution in [0.3, 0.4) is 0 Å². The van der Waals surface area contributed by atoms with E-state index in [1.807, 2.05) is 6.07 Å². The van der Waals surface area contributed by atoms with Crippen LogP contribution in [-0.2, 0) is 13.2 Å². The number of nitriles is 1. The van der Waals surface area contributed by atoms with E-state index in [-0.39, 0.29) is 16.9 Å². The number of carbonyl (C=O) groups excluding carboxylic acids is 1. The van der Waals surface area contributed by atoms with Crippen molar-refractivity contribution in [2.24, 2.45) is 7.05 Å². The van der Waals surface area contributed by atoms with Gasteiger partial charge in [0.1, 0.15) is 5.56 Å². The van der Waals surface area contributed by atoms with Gasteiger partial charge in [0.05, 0.1) is 46.2 Å². The van der Waals surface area contributed by atoms with Crippen LogP contribution in [0.2, 0.25) is 0 Å². The maximum absolute atomic E-state index is 13.2. The molecule has 0 spiro atoms. The zero-order valence-electron chi connectivity index (χ0n) is 17.5. The highest BCUT2D eigenvalue weighted by Crippen LogP contribution is 2.31. The van der Waals surface area contributed by atoms with Crippen LogP contribution < -0.4 is 5.56 Å². The van der Waals surface area contributed by atoms with Crippen LogP contribution in [0.15, 0.2) is 65.6 Å². The van der Waals surface area contributed by atoms with Gasteiger partial charge in [-0.3, -0.25) is 14.3 Å². The molecule has 0 N–H and O–H groups in total. The van der Waals surface area contributed by atoms with Gasteiger partial charge in [-0.25, -0.2) is 9.36 Å². The first-order valence-electron chi connectivity index (χ1n) is 9.69. The summed E-state index contributed by atoms with van der Waals surface area (Å²) < 4.78 is 43.6. The summed E-state index contributed by atoms with van der Waals surface area (Å²) in [6, 6.07) is 14.4. The number of nitrogens with zero attached hydrogens (tertiary/aromatic N) is 5. The van der Waals surface area contributed by atoms with E-state index in [4.69, 9.17) is 5.26 Å². The van der Waals surface area contributed by atoms with E-state index in [2.05, 4.69) is 5.10 Å². The zero-order chi connectivity index (χ0) is 23.9. The number of hydrogen-bond acceptors (Lipinski definition) is 4. The van der Waals surface area contributed by atoms with Crippen LogP contribution >= 0.6 is 0 Å². The van der Waals surface area contributed by atoms with E-state index >= 15 is 0 Å². The summed E-state index contributed by atoms with van der Waals surface area (Å²) in [6.45, 7) is 1.22. The van der Waals surface area contributed by atoms with E-state index in [9.17, 15) is 22.8 Å². The minimum absolute atomic E-state index is 0.0319. The van der Waals surface area contributed by atoms with Crippen LogP contribution in [0, 0.1) is 11.3 Å². The molecular weight excluding hydrogens is 435 g/mol. The van der Waals surface area contributed by atoms with Gasteiger partial charge in [0, 0.05) is 7.05 Å². The molecule has 0 aliphatic carbocycles. The first-order valence-corrected chi connectivity index (χ1v) is 9.69. The predicted molar refractivity (Wildman–Crippen MR) is 113 cm³/mol. The number of carbonyl (C=O) groups is 1. The van der Waals surface area contributed by atoms with Crippen molar-refractivity contribution in [2.75, 3.05) is 0 Å². The quantitative estimate of drug-likeness (QED) is 0.437. The summed E-state index contributed by atoms with van der Waals surface area (Å²) in [6.07, 6.45) is -3.12. The van der Waals surface area contributed by atoms with Crippen LogP contribution in [0.4, 0.5) is 13.2 Å². The summed E-state index contributed by atoms with van der Waals surface area (Å²) in [5.74, 6) is -0.538. The molecule has 0 saturated carbocycles. The Morgan fingerprint density at radius 3 is 2.36 bits per heavy atom. The van der Waals surface area contributed by atoms with E-state index in [0.29, 0.717) is 16.9 Å². The predicted octanol–water partition coefficient (Wildman–Crippen LogP) is 4.12. The number of rotatable bonds is 4. The molecule has 33 heavy (non-hydrogen) atoms. The van der Waals surface area contributed by atoms with Crippen molar-refractivity contribution in [3.05, 3.63) is 87.8 Å². The van der Waals surface area contributed by atoms with Crippen molar-refractivity contribution in [2.45, 2.75) is 13.1 Å². The molecule has 0 aliphatic rings. The lowest BCUT2D eigenvalue weighted by atomic mass is 10.1. The smallest absolute Gasteiger partial charge is 0.294 e. The molecule has 7 nitrogen and oxygen atoms in total. The normalized spacial score (nSPS) is 11.4. The van der Waals surface area contributed by atoms with Gasteiger partial charge in [0.2, 0.25) is 0 Å². The summed E-state index contributed by atoms with van der Waals surface area (Å²) in [5.41, 5.74) is -0.265. The van der Waals surface area contributed by atoms with E-state index < -0.39 is 23.1 Å². The summed E-state index contributed by atoms with van der Waals surface area (Å²) >= 11 is 0. The van der Waals surface area contributed by atoms with Crippen LogP contribution in [0.5, 0.6) is 0 Å². The molecule has 4 aromatic rings. The molecule has 10 heteroatoms. The van der Waals surface area contributed by atoms with Crippen molar-refractivity contribution in [3.63, 3.8) is 0 Å². The maximum Gasteiger partial charge on any atom is 0.416 e. The Balaban J connectivity index is 1.96. The maximum atomic E-state index is 13.2. The number of halogens is 3. The Morgan fingerprint density at radius 1 is 1.06 bits per heavy atom. The first-order chi connectivity index (χ1) is 15.6. The molecule has 0 aliphatic heterocycles. The van der Waals surface area contributed by atoms with Crippen molar-refractivity contribution < 1.29 is 18.0 Å². The second-order valence-electron chi connectivity index (χ2n) is 7.26. The second-order valence-corrected chi connectivity index (χ2v) is 7.26. The fraction of sp³-hybridized carbons (Fsp3) is 0.130. The number of hydrogen-bond donors (Lipinski definition) is 0. The van der Waals surface area contributed by atoms with E-state index in [0.717, 1.165) is 16.8 Å². The lowest BCUT2D eigenvalue weighted by Crippen LogP contribution is -2.22. The SMILES string of the molecule is CC(=O)c1c(-c2ccnn2-c2ccc(C#N)cc2)n(C)n(-c2cccc(C(F)(F)F)c2)c1=O. The molecule has 4 rings (SSSR count). The molecule has 0 saturated heterocycles. The Bertz CT molecular complexity index is 1470. The van der Waals surface area contributed by atoms with Gasteiger partial charge in [-0.1, -0.05) is 6.07 Å². The van der Waals surface area contributed by atoms with Crippen LogP contribution in [0.25, 0.3) is 22.8 Å². The van der Waals surface area contributed by atoms with E-state index in [1.165, 1.54) is 41.7 Å². The lowest BCUT2D eigenvalue weighted by Gasteiger charge is -2.13. The molecule has 2 heterocycles. The number of alkyl halides is 3. The number of Topliss-reactive ketones (excluding diaryl/α,β-unsaturated/α-hetero) is 1. The van der Waals surface area contributed by atoms with Gasteiger partial charge in [0.25, 0.3) is 5.56 Å².